The third-order valence-corrected chi connectivity index (χ3v) is 3.97. The number of hydrogen-bond acceptors (Lipinski definition) is 2. The van der Waals surface area contributed by atoms with Crippen molar-refractivity contribution >= 4 is 5.78 Å². The van der Waals surface area contributed by atoms with E-state index in [4.69, 9.17) is 0 Å². The van der Waals surface area contributed by atoms with Crippen LogP contribution < -0.4 is 0 Å². The van der Waals surface area contributed by atoms with Crippen LogP contribution in [-0.4, -0.2) is 10.9 Å². The van der Waals surface area contributed by atoms with E-state index < -0.39 is 6.10 Å². The molecule has 0 amide bonds. The van der Waals surface area contributed by atoms with Crippen molar-refractivity contribution < 1.29 is 9.90 Å². The van der Waals surface area contributed by atoms with Crippen LogP contribution >= 0.6 is 0 Å². The van der Waals surface area contributed by atoms with Crippen molar-refractivity contribution in [3.63, 3.8) is 0 Å². The number of benzene rings is 2. The number of aliphatic hydroxyl groups is 1. The molecule has 116 valence electrons. The van der Waals surface area contributed by atoms with E-state index in [2.05, 4.69) is 33.8 Å². The minimum atomic E-state index is -1.11. The number of carbonyl (C=O) groups excluding carboxylic acids is 1. The molecule has 0 fully saturated rings. The Bertz CT molecular complexity index is 642. The molecule has 0 radical (unpaired) electrons. The van der Waals surface area contributed by atoms with Gasteiger partial charge in [-0.05, 0) is 28.5 Å². The van der Waals surface area contributed by atoms with E-state index >= 15 is 0 Å². The number of carbonyl (C=O) groups is 1. The second-order valence-electron chi connectivity index (χ2n) is 6.30. The van der Waals surface area contributed by atoms with Crippen molar-refractivity contribution in [2.45, 2.75) is 45.6 Å². The molecule has 2 nitrogen and oxygen atoms in total. The smallest absolute Gasteiger partial charge is 0.196 e. The van der Waals surface area contributed by atoms with E-state index in [0.717, 1.165) is 5.56 Å². The summed E-state index contributed by atoms with van der Waals surface area (Å²) >= 11 is 0. The Hall–Kier alpha value is -1.93. The second kappa shape index (κ2) is 6.89. The van der Waals surface area contributed by atoms with Gasteiger partial charge >= 0.3 is 0 Å². The molecule has 2 aromatic rings. The highest BCUT2D eigenvalue weighted by Crippen LogP contribution is 2.31. The van der Waals surface area contributed by atoms with Crippen LogP contribution in [-0.2, 0) is 0 Å². The van der Waals surface area contributed by atoms with E-state index in [0.29, 0.717) is 17.0 Å². The van der Waals surface area contributed by atoms with Crippen molar-refractivity contribution in [1.82, 2.24) is 0 Å². The lowest BCUT2D eigenvalue weighted by Gasteiger charge is -2.21. The minimum Gasteiger partial charge on any atom is -0.380 e. The predicted octanol–water partition coefficient (Wildman–Crippen LogP) is 4.85. The van der Waals surface area contributed by atoms with Crippen LogP contribution in [0.1, 0.15) is 72.7 Å². The monoisotopic (exact) mass is 296 g/mol. The maximum atomic E-state index is 12.8. The number of rotatable bonds is 5. The lowest BCUT2D eigenvalue weighted by atomic mass is 9.84. The van der Waals surface area contributed by atoms with Crippen LogP contribution in [0.15, 0.2) is 48.5 Å². The first kappa shape index (κ1) is 16.4. The summed E-state index contributed by atoms with van der Waals surface area (Å²) in [6.45, 7) is 8.44. The molecule has 2 rings (SSSR count). The average Bonchev–Trinajstić information content (AvgIpc) is 2.53. The molecule has 0 aliphatic heterocycles. The first-order valence-electron chi connectivity index (χ1n) is 7.83. The first-order valence-corrected chi connectivity index (χ1v) is 7.83. The lowest BCUT2D eigenvalue weighted by Crippen LogP contribution is -2.16. The van der Waals surface area contributed by atoms with E-state index in [1.807, 2.05) is 30.3 Å². The lowest BCUT2D eigenvalue weighted by molar-refractivity contribution is 0.0746. The molecule has 1 unspecified atom stereocenters. The van der Waals surface area contributed by atoms with Crippen LogP contribution in [0.2, 0.25) is 0 Å². The van der Waals surface area contributed by atoms with Gasteiger partial charge in [-0.15, -0.1) is 0 Å². The molecule has 2 heteroatoms. The number of ketones is 1. The fourth-order valence-corrected chi connectivity index (χ4v) is 2.88. The Morgan fingerprint density at radius 1 is 0.864 bits per heavy atom. The molecule has 0 spiro atoms. The van der Waals surface area contributed by atoms with Gasteiger partial charge in [-0.25, -0.2) is 0 Å². The van der Waals surface area contributed by atoms with Gasteiger partial charge in [0.05, 0.1) is 0 Å². The Labute approximate surface area is 132 Å². The van der Waals surface area contributed by atoms with Gasteiger partial charge in [-0.3, -0.25) is 4.79 Å². The number of aliphatic hydroxyl groups excluding tert-OH is 1. The molecular weight excluding hydrogens is 272 g/mol. The maximum Gasteiger partial charge on any atom is 0.196 e. The second-order valence-corrected chi connectivity index (χ2v) is 6.30. The number of Topliss-reactive ketones (excluding diaryl/α,β-unsaturated/α-hetero) is 1. The summed E-state index contributed by atoms with van der Waals surface area (Å²) in [5, 5.41) is 10.4. The largest absolute Gasteiger partial charge is 0.380 e. The van der Waals surface area contributed by atoms with Crippen molar-refractivity contribution in [2.24, 2.45) is 0 Å². The third-order valence-electron chi connectivity index (χ3n) is 3.97. The molecule has 0 aromatic heterocycles. The summed E-state index contributed by atoms with van der Waals surface area (Å²) in [6.07, 6.45) is -1.11. The summed E-state index contributed by atoms with van der Waals surface area (Å²) in [4.78, 5) is 12.8. The normalized spacial score (nSPS) is 12.7. The fraction of sp³-hybridized carbons (Fsp3) is 0.350. The van der Waals surface area contributed by atoms with Crippen molar-refractivity contribution in [3.8, 4) is 0 Å². The van der Waals surface area contributed by atoms with Gasteiger partial charge in [0.2, 0.25) is 0 Å². The summed E-state index contributed by atoms with van der Waals surface area (Å²) in [5.41, 5.74) is 3.51. The SMILES string of the molecule is CC(C)c1cccc(C(=O)C(O)c2ccccc2)c1C(C)C. The molecule has 0 saturated heterocycles. The summed E-state index contributed by atoms with van der Waals surface area (Å²) in [5.74, 6) is 0.358. The maximum absolute atomic E-state index is 12.8. The average molecular weight is 296 g/mol. The van der Waals surface area contributed by atoms with Crippen LogP contribution in [0.4, 0.5) is 0 Å². The number of hydrogen-bond donors (Lipinski definition) is 1. The molecule has 2 aromatic carbocycles. The molecule has 0 aliphatic carbocycles. The zero-order valence-corrected chi connectivity index (χ0v) is 13.7. The molecular formula is C20H24O2. The Morgan fingerprint density at radius 2 is 1.50 bits per heavy atom. The van der Waals surface area contributed by atoms with Crippen LogP contribution in [0, 0.1) is 0 Å². The van der Waals surface area contributed by atoms with Gasteiger partial charge in [-0.2, -0.15) is 0 Å². The van der Waals surface area contributed by atoms with Gasteiger partial charge in [0.1, 0.15) is 6.10 Å². The molecule has 0 heterocycles. The molecule has 1 N–H and O–H groups in total. The topological polar surface area (TPSA) is 37.3 Å². The first-order chi connectivity index (χ1) is 10.4. The van der Waals surface area contributed by atoms with Crippen molar-refractivity contribution in [1.29, 1.82) is 0 Å². The predicted molar refractivity (Wildman–Crippen MR) is 90.4 cm³/mol. The Morgan fingerprint density at radius 3 is 2.05 bits per heavy atom. The van der Waals surface area contributed by atoms with Gasteiger partial charge < -0.3 is 5.11 Å². The summed E-state index contributed by atoms with van der Waals surface area (Å²) in [6, 6.07) is 14.9. The fourth-order valence-electron chi connectivity index (χ4n) is 2.88. The Balaban J connectivity index is 2.48. The molecule has 0 aliphatic rings. The van der Waals surface area contributed by atoms with Crippen LogP contribution in [0.3, 0.4) is 0 Å². The third kappa shape index (κ3) is 3.28. The molecule has 0 saturated carbocycles. The quantitative estimate of drug-likeness (QED) is 0.801. The van der Waals surface area contributed by atoms with Gasteiger partial charge in [0.25, 0.3) is 0 Å². The summed E-state index contributed by atoms with van der Waals surface area (Å²) < 4.78 is 0. The van der Waals surface area contributed by atoms with Gasteiger partial charge in [-0.1, -0.05) is 76.2 Å². The van der Waals surface area contributed by atoms with Gasteiger partial charge in [0, 0.05) is 5.56 Å². The van der Waals surface area contributed by atoms with Crippen molar-refractivity contribution in [3.05, 3.63) is 70.8 Å². The highest BCUT2D eigenvalue weighted by Gasteiger charge is 2.24. The molecule has 1 atom stereocenters. The van der Waals surface area contributed by atoms with Crippen molar-refractivity contribution in [2.75, 3.05) is 0 Å². The van der Waals surface area contributed by atoms with E-state index in [1.165, 1.54) is 5.56 Å². The zero-order valence-electron chi connectivity index (χ0n) is 13.7. The summed E-state index contributed by atoms with van der Waals surface area (Å²) in [7, 11) is 0. The van der Waals surface area contributed by atoms with E-state index in [-0.39, 0.29) is 11.7 Å². The van der Waals surface area contributed by atoms with Crippen LogP contribution in [0.5, 0.6) is 0 Å². The van der Waals surface area contributed by atoms with Crippen LogP contribution in [0.25, 0.3) is 0 Å². The molecule has 0 bridgehead atoms. The van der Waals surface area contributed by atoms with E-state index in [9.17, 15) is 9.90 Å². The standard InChI is InChI=1S/C20H24O2/c1-13(2)16-11-8-12-17(18(16)14(3)4)20(22)19(21)15-9-6-5-7-10-15/h5-14,19,21H,1-4H3. The minimum absolute atomic E-state index is 0.225. The van der Waals surface area contributed by atoms with E-state index in [1.54, 1.807) is 12.1 Å². The zero-order chi connectivity index (χ0) is 16.3. The Kier molecular flexibility index (Phi) is 5.15. The highest BCUT2D eigenvalue weighted by atomic mass is 16.3. The van der Waals surface area contributed by atoms with Gasteiger partial charge in [0.15, 0.2) is 5.78 Å². The molecule has 22 heavy (non-hydrogen) atoms. The highest BCUT2D eigenvalue weighted by molar-refractivity contribution is 6.01.